The lowest BCUT2D eigenvalue weighted by atomic mass is 10.1. The number of halogens is 1. The molecule has 0 aromatic heterocycles. The molecule has 0 radical (unpaired) electrons. The van der Waals surface area contributed by atoms with Gasteiger partial charge in [0.25, 0.3) is 11.6 Å². The van der Waals surface area contributed by atoms with Gasteiger partial charge >= 0.3 is 0 Å². The van der Waals surface area contributed by atoms with Gasteiger partial charge in [0, 0.05) is 17.6 Å². The average molecular weight is 379 g/mol. The van der Waals surface area contributed by atoms with Crippen LogP contribution in [0.4, 0.5) is 5.69 Å². The Labute approximate surface area is 155 Å². The highest BCUT2D eigenvalue weighted by Gasteiger charge is 2.22. The number of nitrogens with zero attached hydrogens (tertiary/aromatic N) is 1. The van der Waals surface area contributed by atoms with E-state index in [9.17, 15) is 14.9 Å². The molecule has 2 aromatic carbocycles. The quantitative estimate of drug-likeness (QED) is 0.543. The first-order chi connectivity index (χ1) is 12.4. The number of amides is 1. The van der Waals surface area contributed by atoms with Crippen molar-refractivity contribution in [2.75, 3.05) is 19.8 Å². The molecule has 0 heterocycles. The zero-order valence-corrected chi connectivity index (χ0v) is 14.9. The Bertz CT molecular complexity index is 780. The normalized spacial score (nSPS) is 11.8. The van der Waals surface area contributed by atoms with Gasteiger partial charge in [-0.05, 0) is 24.6 Å². The minimum Gasteiger partial charge on any atom is -0.394 e. The molecule has 138 valence electrons. The molecule has 0 saturated carbocycles. The molecular formula is C18H19ClN2O5. The molecule has 7 nitrogen and oxygen atoms in total. The third kappa shape index (κ3) is 5.26. The minimum absolute atomic E-state index is 0.0889. The van der Waals surface area contributed by atoms with Crippen molar-refractivity contribution in [1.29, 1.82) is 0 Å². The van der Waals surface area contributed by atoms with E-state index in [1.165, 1.54) is 18.2 Å². The van der Waals surface area contributed by atoms with Crippen molar-refractivity contribution >= 4 is 23.2 Å². The number of aliphatic hydroxyl groups excluding tert-OH is 1. The number of benzene rings is 2. The molecule has 0 bridgehead atoms. The summed E-state index contributed by atoms with van der Waals surface area (Å²) in [7, 11) is 0. The Kier molecular flexibility index (Phi) is 7.08. The Morgan fingerprint density at radius 1 is 1.31 bits per heavy atom. The van der Waals surface area contributed by atoms with Gasteiger partial charge in [0.2, 0.25) is 0 Å². The van der Waals surface area contributed by atoms with Crippen LogP contribution in [0.25, 0.3) is 0 Å². The van der Waals surface area contributed by atoms with Crippen LogP contribution < -0.4 is 5.32 Å². The largest absolute Gasteiger partial charge is 0.394 e. The summed E-state index contributed by atoms with van der Waals surface area (Å²) in [6.45, 7) is 1.99. The fourth-order valence-electron chi connectivity index (χ4n) is 2.38. The van der Waals surface area contributed by atoms with Gasteiger partial charge in [-0.25, -0.2) is 0 Å². The summed E-state index contributed by atoms with van der Waals surface area (Å²) in [5.41, 5.74) is 1.46. The number of carbonyl (C=O) groups is 1. The molecule has 1 amide bonds. The summed E-state index contributed by atoms with van der Waals surface area (Å²) >= 11 is 5.85. The van der Waals surface area contributed by atoms with Gasteiger partial charge in [-0.2, -0.15) is 0 Å². The van der Waals surface area contributed by atoms with Crippen molar-refractivity contribution < 1.29 is 19.6 Å². The van der Waals surface area contributed by atoms with Gasteiger partial charge in [0.15, 0.2) is 0 Å². The molecule has 26 heavy (non-hydrogen) atoms. The molecule has 0 aliphatic carbocycles. The van der Waals surface area contributed by atoms with Crippen LogP contribution in [-0.2, 0) is 4.74 Å². The van der Waals surface area contributed by atoms with Crippen LogP contribution in [0, 0.1) is 17.0 Å². The first kappa shape index (κ1) is 19.8. The third-order valence-electron chi connectivity index (χ3n) is 3.71. The maximum absolute atomic E-state index is 12.4. The predicted octanol–water partition coefficient (Wildman–Crippen LogP) is 3.04. The number of nitro groups is 1. The van der Waals surface area contributed by atoms with E-state index in [4.69, 9.17) is 21.4 Å². The Morgan fingerprint density at radius 3 is 2.62 bits per heavy atom. The van der Waals surface area contributed by atoms with E-state index >= 15 is 0 Å². The van der Waals surface area contributed by atoms with Gasteiger partial charge in [-0.3, -0.25) is 14.9 Å². The molecule has 1 unspecified atom stereocenters. The minimum atomic E-state index is -0.634. The summed E-state index contributed by atoms with van der Waals surface area (Å²) < 4.78 is 5.58. The average Bonchev–Trinajstić information content (AvgIpc) is 2.62. The van der Waals surface area contributed by atoms with Crippen LogP contribution in [0.1, 0.15) is 27.6 Å². The molecule has 2 rings (SSSR count). The first-order valence-corrected chi connectivity index (χ1v) is 8.31. The van der Waals surface area contributed by atoms with Crippen molar-refractivity contribution in [3.05, 3.63) is 74.3 Å². The molecule has 8 heteroatoms. The topological polar surface area (TPSA) is 102 Å². The SMILES string of the molecule is Cc1ccc(C(CNC(=O)c2cc(Cl)ccc2[N+](=O)[O-])OCCO)cc1. The molecule has 0 fully saturated rings. The van der Waals surface area contributed by atoms with Crippen molar-refractivity contribution in [1.82, 2.24) is 5.32 Å². The van der Waals surface area contributed by atoms with Crippen molar-refractivity contribution in [2.45, 2.75) is 13.0 Å². The number of hydrogen-bond acceptors (Lipinski definition) is 5. The summed E-state index contributed by atoms with van der Waals surface area (Å²) in [6, 6.07) is 11.4. The second-order valence-corrected chi connectivity index (χ2v) is 6.06. The number of aliphatic hydroxyl groups is 1. The zero-order valence-electron chi connectivity index (χ0n) is 14.1. The summed E-state index contributed by atoms with van der Waals surface area (Å²) in [5.74, 6) is -0.621. The lowest BCUT2D eigenvalue weighted by molar-refractivity contribution is -0.385. The van der Waals surface area contributed by atoms with Crippen molar-refractivity contribution in [3.63, 3.8) is 0 Å². The van der Waals surface area contributed by atoms with E-state index in [0.29, 0.717) is 0 Å². The van der Waals surface area contributed by atoms with Crippen LogP contribution in [0.3, 0.4) is 0 Å². The first-order valence-electron chi connectivity index (χ1n) is 7.93. The molecule has 0 saturated heterocycles. The number of ether oxygens (including phenoxy) is 1. The highest BCUT2D eigenvalue weighted by atomic mass is 35.5. The lowest BCUT2D eigenvalue weighted by Crippen LogP contribution is -2.30. The number of carbonyl (C=O) groups excluding carboxylic acids is 1. The lowest BCUT2D eigenvalue weighted by Gasteiger charge is -2.19. The monoisotopic (exact) mass is 378 g/mol. The van der Waals surface area contributed by atoms with Crippen LogP contribution in [0.15, 0.2) is 42.5 Å². The van der Waals surface area contributed by atoms with E-state index in [1.807, 2.05) is 31.2 Å². The Hall–Kier alpha value is -2.48. The molecule has 1 atom stereocenters. The smallest absolute Gasteiger partial charge is 0.282 e. The summed E-state index contributed by atoms with van der Waals surface area (Å²) in [4.78, 5) is 22.9. The molecule has 0 aliphatic rings. The highest BCUT2D eigenvalue weighted by molar-refractivity contribution is 6.31. The van der Waals surface area contributed by atoms with Gasteiger partial charge in [-0.15, -0.1) is 0 Å². The third-order valence-corrected chi connectivity index (χ3v) is 3.94. The van der Waals surface area contributed by atoms with Gasteiger partial charge in [0.05, 0.1) is 24.2 Å². The number of rotatable bonds is 8. The van der Waals surface area contributed by atoms with Crippen molar-refractivity contribution in [2.24, 2.45) is 0 Å². The van der Waals surface area contributed by atoms with Gasteiger partial charge < -0.3 is 15.2 Å². The molecular weight excluding hydrogens is 360 g/mol. The zero-order chi connectivity index (χ0) is 19.1. The van der Waals surface area contributed by atoms with E-state index < -0.39 is 16.9 Å². The van der Waals surface area contributed by atoms with Crippen LogP contribution in [0.5, 0.6) is 0 Å². The van der Waals surface area contributed by atoms with Gasteiger partial charge in [-0.1, -0.05) is 41.4 Å². The number of nitro benzene ring substituents is 1. The number of aryl methyl sites for hydroxylation is 1. The maximum atomic E-state index is 12.4. The fraction of sp³-hybridized carbons (Fsp3) is 0.278. The summed E-state index contributed by atoms with van der Waals surface area (Å²) in [6.07, 6.45) is -0.495. The van der Waals surface area contributed by atoms with Crippen LogP contribution in [-0.4, -0.2) is 35.7 Å². The highest BCUT2D eigenvalue weighted by Crippen LogP contribution is 2.23. The van der Waals surface area contributed by atoms with E-state index in [0.717, 1.165) is 11.1 Å². The molecule has 0 spiro atoms. The Balaban J connectivity index is 2.15. The van der Waals surface area contributed by atoms with Crippen molar-refractivity contribution in [3.8, 4) is 0 Å². The second-order valence-electron chi connectivity index (χ2n) is 5.62. The summed E-state index contributed by atoms with van der Waals surface area (Å²) in [5, 5.41) is 23.0. The van der Waals surface area contributed by atoms with E-state index in [2.05, 4.69) is 5.32 Å². The number of nitrogens with one attached hydrogen (secondary N) is 1. The molecule has 2 aromatic rings. The van der Waals surface area contributed by atoms with Crippen LogP contribution >= 0.6 is 11.6 Å². The predicted molar refractivity (Wildman–Crippen MR) is 97.4 cm³/mol. The maximum Gasteiger partial charge on any atom is 0.282 e. The number of hydrogen-bond donors (Lipinski definition) is 2. The van der Waals surface area contributed by atoms with Gasteiger partial charge in [0.1, 0.15) is 5.56 Å². The van der Waals surface area contributed by atoms with Crippen LogP contribution in [0.2, 0.25) is 5.02 Å². The standard InChI is InChI=1S/C18H19ClN2O5/c1-12-2-4-13(5-3-12)17(26-9-8-22)11-20-18(23)15-10-14(19)6-7-16(15)21(24)25/h2-7,10,17,22H,8-9,11H2,1H3,(H,20,23). The van der Waals surface area contributed by atoms with E-state index in [-0.39, 0.29) is 36.0 Å². The fourth-order valence-corrected chi connectivity index (χ4v) is 2.55. The second kappa shape index (κ2) is 9.28. The van der Waals surface area contributed by atoms with E-state index in [1.54, 1.807) is 0 Å². The molecule has 2 N–H and O–H groups in total. The molecule has 0 aliphatic heterocycles. The Morgan fingerprint density at radius 2 is 2.00 bits per heavy atom.